The van der Waals surface area contributed by atoms with E-state index in [4.69, 9.17) is 10.5 Å². The fraction of sp³-hybridized carbons (Fsp3) is 0.364. The molecule has 0 unspecified atom stereocenters. The van der Waals surface area contributed by atoms with Gasteiger partial charge in [-0.15, -0.1) is 0 Å². The van der Waals surface area contributed by atoms with E-state index in [0.717, 1.165) is 12.1 Å². The molecular weight excluding hydrogens is 249 g/mol. The van der Waals surface area contributed by atoms with Crippen LogP contribution in [-0.2, 0) is 15.7 Å². The molecule has 0 heterocycles. The van der Waals surface area contributed by atoms with E-state index in [1.165, 1.54) is 6.07 Å². The molecule has 0 fully saturated rings. The third kappa shape index (κ3) is 3.92. The number of carbonyl (C=O) groups excluding carboxylic acids is 1. The average Bonchev–Trinajstić information content (AvgIpc) is 2.27. The minimum atomic E-state index is -4.55. The van der Waals surface area contributed by atoms with Gasteiger partial charge in [0, 0.05) is 18.0 Å². The maximum Gasteiger partial charge on any atom is 0.418 e. The molecule has 18 heavy (non-hydrogen) atoms. The van der Waals surface area contributed by atoms with Crippen LogP contribution in [0, 0.1) is 0 Å². The van der Waals surface area contributed by atoms with Gasteiger partial charge in [-0.2, -0.15) is 13.2 Å². The largest absolute Gasteiger partial charge is 0.418 e. The summed E-state index contributed by atoms with van der Waals surface area (Å²) in [5, 5.41) is 2.30. The number of carbonyl (C=O) groups is 1. The Kier molecular flexibility index (Phi) is 4.55. The lowest BCUT2D eigenvalue weighted by Gasteiger charge is -2.12. The summed E-state index contributed by atoms with van der Waals surface area (Å²) in [6.07, 6.45) is -4.55. The number of nitrogens with one attached hydrogen (secondary N) is 1. The first kappa shape index (κ1) is 14.3. The van der Waals surface area contributed by atoms with Crippen LogP contribution in [0.5, 0.6) is 0 Å². The minimum Gasteiger partial charge on any atom is -0.398 e. The molecular formula is C11H13F3N2O2. The number of amides is 1. The SMILES string of the molecule is CCOCC(=O)Nc1ccc(N)c(C(F)(F)F)c1. The van der Waals surface area contributed by atoms with Crippen molar-refractivity contribution in [3.63, 3.8) is 0 Å². The zero-order chi connectivity index (χ0) is 13.8. The van der Waals surface area contributed by atoms with Crippen LogP contribution in [0.3, 0.4) is 0 Å². The highest BCUT2D eigenvalue weighted by atomic mass is 19.4. The van der Waals surface area contributed by atoms with Crippen LogP contribution in [0.4, 0.5) is 24.5 Å². The van der Waals surface area contributed by atoms with Gasteiger partial charge in [-0.1, -0.05) is 0 Å². The summed E-state index contributed by atoms with van der Waals surface area (Å²) in [7, 11) is 0. The van der Waals surface area contributed by atoms with Crippen molar-refractivity contribution in [1.82, 2.24) is 0 Å². The Balaban J connectivity index is 2.83. The van der Waals surface area contributed by atoms with Crippen LogP contribution in [0.1, 0.15) is 12.5 Å². The van der Waals surface area contributed by atoms with E-state index in [9.17, 15) is 18.0 Å². The second-order valence-corrected chi connectivity index (χ2v) is 3.49. The van der Waals surface area contributed by atoms with Gasteiger partial charge in [0.1, 0.15) is 6.61 Å². The van der Waals surface area contributed by atoms with Crippen molar-refractivity contribution in [2.24, 2.45) is 0 Å². The molecule has 0 aliphatic carbocycles. The van der Waals surface area contributed by atoms with Gasteiger partial charge in [-0.3, -0.25) is 4.79 Å². The van der Waals surface area contributed by atoms with Crippen molar-refractivity contribution < 1.29 is 22.7 Å². The number of hydrogen-bond donors (Lipinski definition) is 2. The minimum absolute atomic E-state index is 0.0289. The van der Waals surface area contributed by atoms with Crippen LogP contribution < -0.4 is 11.1 Å². The van der Waals surface area contributed by atoms with Crippen LogP contribution in [-0.4, -0.2) is 19.1 Å². The monoisotopic (exact) mass is 262 g/mol. The number of nitrogen functional groups attached to an aromatic ring is 1. The third-order valence-electron chi connectivity index (χ3n) is 2.08. The van der Waals surface area contributed by atoms with Crippen molar-refractivity contribution >= 4 is 17.3 Å². The van der Waals surface area contributed by atoms with Crippen molar-refractivity contribution in [2.45, 2.75) is 13.1 Å². The van der Waals surface area contributed by atoms with Gasteiger partial charge in [-0.25, -0.2) is 0 Å². The Hall–Kier alpha value is -1.76. The van der Waals surface area contributed by atoms with Crippen LogP contribution in [0.15, 0.2) is 18.2 Å². The highest BCUT2D eigenvalue weighted by Crippen LogP contribution is 2.35. The van der Waals surface area contributed by atoms with Crippen molar-refractivity contribution in [3.8, 4) is 0 Å². The van der Waals surface area contributed by atoms with E-state index < -0.39 is 17.6 Å². The molecule has 0 spiro atoms. The van der Waals surface area contributed by atoms with Gasteiger partial charge in [0.15, 0.2) is 0 Å². The van der Waals surface area contributed by atoms with E-state index in [1.54, 1.807) is 6.92 Å². The summed E-state index contributed by atoms with van der Waals surface area (Å²) in [5.41, 5.74) is 3.90. The number of anilines is 2. The Morgan fingerprint density at radius 3 is 2.67 bits per heavy atom. The summed E-state index contributed by atoms with van der Waals surface area (Å²) in [5.74, 6) is -0.519. The highest BCUT2D eigenvalue weighted by molar-refractivity contribution is 5.92. The average molecular weight is 262 g/mol. The van der Waals surface area contributed by atoms with E-state index >= 15 is 0 Å². The molecule has 1 aromatic rings. The molecule has 1 rings (SSSR count). The van der Waals surface area contributed by atoms with Gasteiger partial charge in [0.2, 0.25) is 5.91 Å². The molecule has 0 radical (unpaired) electrons. The van der Waals surface area contributed by atoms with Crippen molar-refractivity contribution in [1.29, 1.82) is 0 Å². The van der Waals surface area contributed by atoms with Gasteiger partial charge < -0.3 is 15.8 Å². The standard InChI is InChI=1S/C11H13F3N2O2/c1-2-18-6-10(17)16-7-3-4-9(15)8(5-7)11(12,13)14/h3-5H,2,6,15H2,1H3,(H,16,17). The molecule has 0 saturated carbocycles. The van der Waals surface area contributed by atoms with Crippen LogP contribution in [0.25, 0.3) is 0 Å². The lowest BCUT2D eigenvalue weighted by Crippen LogP contribution is -2.19. The fourth-order valence-corrected chi connectivity index (χ4v) is 1.27. The van der Waals surface area contributed by atoms with Gasteiger partial charge in [-0.05, 0) is 25.1 Å². The molecule has 0 atom stereocenters. The molecule has 100 valence electrons. The predicted molar refractivity (Wildman–Crippen MR) is 61.0 cm³/mol. The molecule has 0 aromatic heterocycles. The van der Waals surface area contributed by atoms with Gasteiger partial charge >= 0.3 is 6.18 Å². The third-order valence-corrected chi connectivity index (χ3v) is 2.08. The van der Waals surface area contributed by atoms with E-state index in [2.05, 4.69) is 5.32 Å². The zero-order valence-electron chi connectivity index (χ0n) is 9.67. The quantitative estimate of drug-likeness (QED) is 0.818. The molecule has 7 heteroatoms. The second-order valence-electron chi connectivity index (χ2n) is 3.49. The Morgan fingerprint density at radius 2 is 2.11 bits per heavy atom. The summed E-state index contributed by atoms with van der Waals surface area (Å²) in [6, 6.07) is 3.19. The van der Waals surface area contributed by atoms with Gasteiger partial charge in [0.25, 0.3) is 0 Å². The molecule has 0 aliphatic heterocycles. The van der Waals surface area contributed by atoms with Crippen LogP contribution in [0.2, 0.25) is 0 Å². The zero-order valence-corrected chi connectivity index (χ0v) is 9.67. The van der Waals surface area contributed by atoms with Crippen molar-refractivity contribution in [3.05, 3.63) is 23.8 Å². The number of alkyl halides is 3. The number of rotatable bonds is 4. The first-order valence-electron chi connectivity index (χ1n) is 5.19. The predicted octanol–water partition coefficient (Wildman–Crippen LogP) is 2.26. The summed E-state index contributed by atoms with van der Waals surface area (Å²) in [4.78, 5) is 11.3. The molecule has 1 amide bonds. The second kappa shape index (κ2) is 5.72. The normalized spacial score (nSPS) is 11.3. The van der Waals surface area contributed by atoms with Crippen molar-refractivity contribution in [2.75, 3.05) is 24.3 Å². The lowest BCUT2D eigenvalue weighted by molar-refractivity contribution is -0.137. The smallest absolute Gasteiger partial charge is 0.398 e. The van der Waals surface area contributed by atoms with Crippen LogP contribution >= 0.6 is 0 Å². The lowest BCUT2D eigenvalue weighted by atomic mass is 10.1. The number of nitrogens with two attached hydrogens (primary N) is 1. The Labute approximate surface area is 102 Å². The van der Waals surface area contributed by atoms with Gasteiger partial charge in [0.05, 0.1) is 5.56 Å². The van der Waals surface area contributed by atoms with E-state index in [1.807, 2.05) is 0 Å². The molecule has 0 aliphatic rings. The number of halogens is 3. The first-order chi connectivity index (χ1) is 8.34. The number of benzene rings is 1. The fourth-order valence-electron chi connectivity index (χ4n) is 1.27. The first-order valence-corrected chi connectivity index (χ1v) is 5.19. The number of hydrogen-bond acceptors (Lipinski definition) is 3. The number of ether oxygens (including phenoxy) is 1. The maximum atomic E-state index is 12.6. The molecule has 3 N–H and O–H groups in total. The molecule has 0 saturated heterocycles. The Morgan fingerprint density at radius 1 is 1.44 bits per heavy atom. The summed E-state index contributed by atoms with van der Waals surface area (Å²) < 4.78 is 42.5. The summed E-state index contributed by atoms with van der Waals surface area (Å²) >= 11 is 0. The molecule has 1 aromatic carbocycles. The highest BCUT2D eigenvalue weighted by Gasteiger charge is 2.33. The Bertz CT molecular complexity index is 433. The maximum absolute atomic E-state index is 12.6. The van der Waals surface area contributed by atoms with E-state index in [-0.39, 0.29) is 18.0 Å². The topological polar surface area (TPSA) is 64.3 Å². The molecule has 0 bridgehead atoms. The molecule has 4 nitrogen and oxygen atoms in total. The summed E-state index contributed by atoms with van der Waals surface area (Å²) in [6.45, 7) is 1.85. The van der Waals surface area contributed by atoms with E-state index in [0.29, 0.717) is 6.61 Å².